The van der Waals surface area contributed by atoms with Gasteiger partial charge in [0.15, 0.2) is 0 Å². The van der Waals surface area contributed by atoms with Gasteiger partial charge < -0.3 is 10.4 Å². The summed E-state index contributed by atoms with van der Waals surface area (Å²) in [6.45, 7) is 0.941. The van der Waals surface area contributed by atoms with Crippen LogP contribution in [0.4, 0.5) is 0 Å². The molecule has 0 atom stereocenters. The SMILES string of the molecule is O=C(NCCn1cccn1)c1cccc(C#CCO)c1. The molecule has 2 rings (SSSR count). The molecule has 1 amide bonds. The van der Waals surface area contributed by atoms with Crippen LogP contribution in [-0.2, 0) is 6.54 Å². The number of aliphatic hydroxyl groups excluding tert-OH is 1. The molecule has 102 valence electrons. The largest absolute Gasteiger partial charge is 0.384 e. The number of benzene rings is 1. The first-order valence-electron chi connectivity index (χ1n) is 6.25. The number of hydrogen-bond donors (Lipinski definition) is 2. The number of amides is 1. The van der Waals surface area contributed by atoms with Gasteiger partial charge in [-0.25, -0.2) is 0 Å². The zero-order valence-corrected chi connectivity index (χ0v) is 10.9. The summed E-state index contributed by atoms with van der Waals surface area (Å²) in [4.78, 5) is 12.0. The zero-order valence-electron chi connectivity index (χ0n) is 10.9. The fraction of sp³-hybridized carbons (Fsp3) is 0.200. The molecule has 0 saturated carbocycles. The van der Waals surface area contributed by atoms with Crippen molar-refractivity contribution in [2.45, 2.75) is 6.54 Å². The molecule has 1 aromatic carbocycles. The van der Waals surface area contributed by atoms with E-state index in [0.717, 1.165) is 0 Å². The van der Waals surface area contributed by atoms with Crippen molar-refractivity contribution in [1.29, 1.82) is 0 Å². The molecule has 0 bridgehead atoms. The first-order valence-corrected chi connectivity index (χ1v) is 6.25. The van der Waals surface area contributed by atoms with Gasteiger partial charge in [0, 0.05) is 30.1 Å². The van der Waals surface area contributed by atoms with Gasteiger partial charge in [0.2, 0.25) is 0 Å². The topological polar surface area (TPSA) is 67.2 Å². The second-order valence-corrected chi connectivity index (χ2v) is 4.07. The Morgan fingerprint density at radius 2 is 2.30 bits per heavy atom. The van der Waals surface area contributed by atoms with E-state index in [2.05, 4.69) is 22.3 Å². The number of aromatic nitrogens is 2. The molecule has 0 aliphatic heterocycles. The fourth-order valence-electron chi connectivity index (χ4n) is 1.70. The van der Waals surface area contributed by atoms with Crippen LogP contribution in [0.1, 0.15) is 15.9 Å². The van der Waals surface area contributed by atoms with Crippen LogP contribution in [0.5, 0.6) is 0 Å². The van der Waals surface area contributed by atoms with Crippen LogP contribution in [0.2, 0.25) is 0 Å². The van der Waals surface area contributed by atoms with Crippen LogP contribution < -0.4 is 5.32 Å². The van der Waals surface area contributed by atoms with Gasteiger partial charge >= 0.3 is 0 Å². The average molecular weight is 269 g/mol. The number of aliphatic hydroxyl groups is 1. The highest BCUT2D eigenvalue weighted by Gasteiger charge is 2.04. The number of carbonyl (C=O) groups excluding carboxylic acids is 1. The standard InChI is InChI=1S/C15H15N3O2/c19-11-2-5-13-4-1-6-14(12-13)15(20)16-8-10-18-9-3-7-17-18/h1,3-4,6-7,9,12,19H,8,10-11H2,(H,16,20). The Morgan fingerprint density at radius 3 is 3.05 bits per heavy atom. The summed E-state index contributed by atoms with van der Waals surface area (Å²) >= 11 is 0. The maximum absolute atomic E-state index is 12.0. The van der Waals surface area contributed by atoms with Crippen LogP contribution >= 0.6 is 0 Å². The molecule has 5 nitrogen and oxygen atoms in total. The van der Waals surface area contributed by atoms with Gasteiger partial charge in [0.1, 0.15) is 6.61 Å². The van der Waals surface area contributed by atoms with Crippen LogP contribution in [0.3, 0.4) is 0 Å². The molecular weight excluding hydrogens is 254 g/mol. The van der Waals surface area contributed by atoms with Crippen molar-refractivity contribution in [3.63, 3.8) is 0 Å². The summed E-state index contributed by atoms with van der Waals surface area (Å²) in [6, 6.07) is 8.83. The number of nitrogens with zero attached hydrogens (tertiary/aromatic N) is 2. The molecule has 0 unspecified atom stereocenters. The maximum atomic E-state index is 12.0. The average Bonchev–Trinajstić information content (AvgIpc) is 2.98. The lowest BCUT2D eigenvalue weighted by atomic mass is 10.1. The van der Waals surface area contributed by atoms with Crippen LogP contribution in [-0.4, -0.2) is 33.9 Å². The summed E-state index contributed by atoms with van der Waals surface area (Å²) in [6.07, 6.45) is 3.54. The van der Waals surface area contributed by atoms with Crippen molar-refractivity contribution in [3.8, 4) is 11.8 Å². The Hall–Kier alpha value is -2.58. The second kappa shape index (κ2) is 7.12. The third-order valence-electron chi connectivity index (χ3n) is 2.62. The molecule has 0 aliphatic carbocycles. The first kappa shape index (κ1) is 13.8. The van der Waals surface area contributed by atoms with Crippen molar-refractivity contribution in [2.24, 2.45) is 0 Å². The smallest absolute Gasteiger partial charge is 0.251 e. The molecule has 0 saturated heterocycles. The second-order valence-electron chi connectivity index (χ2n) is 4.07. The van der Waals surface area contributed by atoms with E-state index in [1.54, 1.807) is 35.1 Å². The summed E-state index contributed by atoms with van der Waals surface area (Å²) in [7, 11) is 0. The van der Waals surface area contributed by atoms with Crippen molar-refractivity contribution in [1.82, 2.24) is 15.1 Å². The Balaban J connectivity index is 1.91. The maximum Gasteiger partial charge on any atom is 0.251 e. The van der Waals surface area contributed by atoms with Crippen molar-refractivity contribution in [2.75, 3.05) is 13.2 Å². The zero-order chi connectivity index (χ0) is 14.2. The highest BCUT2D eigenvalue weighted by Crippen LogP contribution is 2.04. The minimum absolute atomic E-state index is 0.148. The Labute approximate surface area is 117 Å². The highest BCUT2D eigenvalue weighted by atomic mass is 16.2. The van der Waals surface area contributed by atoms with E-state index in [1.165, 1.54) is 0 Å². The summed E-state index contributed by atoms with van der Waals surface area (Å²) < 4.78 is 1.75. The fourth-order valence-corrected chi connectivity index (χ4v) is 1.70. The minimum atomic E-state index is -0.194. The van der Waals surface area contributed by atoms with Crippen molar-refractivity contribution >= 4 is 5.91 Å². The molecule has 20 heavy (non-hydrogen) atoms. The van der Waals surface area contributed by atoms with E-state index in [1.807, 2.05) is 12.3 Å². The molecule has 5 heteroatoms. The normalized spacial score (nSPS) is 9.65. The molecule has 1 heterocycles. The lowest BCUT2D eigenvalue weighted by molar-refractivity contribution is 0.0952. The number of carbonyl (C=O) groups is 1. The quantitative estimate of drug-likeness (QED) is 0.801. The Bertz CT molecular complexity index is 624. The minimum Gasteiger partial charge on any atom is -0.384 e. The van der Waals surface area contributed by atoms with Gasteiger partial charge in [-0.1, -0.05) is 17.9 Å². The lowest BCUT2D eigenvalue weighted by Gasteiger charge is -2.05. The van der Waals surface area contributed by atoms with Gasteiger partial charge in [-0.3, -0.25) is 9.48 Å². The van der Waals surface area contributed by atoms with Gasteiger partial charge in [-0.2, -0.15) is 5.10 Å². The molecular formula is C15H15N3O2. The van der Waals surface area contributed by atoms with Gasteiger partial charge in [-0.05, 0) is 24.3 Å². The Kier molecular flexibility index (Phi) is 4.93. The Morgan fingerprint density at radius 1 is 1.40 bits per heavy atom. The molecule has 2 aromatic rings. The van der Waals surface area contributed by atoms with E-state index < -0.39 is 0 Å². The predicted molar refractivity (Wildman–Crippen MR) is 75.0 cm³/mol. The van der Waals surface area contributed by atoms with Crippen molar-refractivity contribution < 1.29 is 9.90 Å². The molecule has 2 N–H and O–H groups in total. The lowest BCUT2D eigenvalue weighted by Crippen LogP contribution is -2.27. The predicted octanol–water partition coefficient (Wildman–Crippen LogP) is 0.657. The highest BCUT2D eigenvalue weighted by molar-refractivity contribution is 5.94. The van der Waals surface area contributed by atoms with E-state index >= 15 is 0 Å². The molecule has 0 aliphatic rings. The molecule has 0 spiro atoms. The van der Waals surface area contributed by atoms with E-state index in [0.29, 0.717) is 24.2 Å². The van der Waals surface area contributed by atoms with Crippen LogP contribution in [0, 0.1) is 11.8 Å². The van der Waals surface area contributed by atoms with Crippen LogP contribution in [0.25, 0.3) is 0 Å². The van der Waals surface area contributed by atoms with Crippen molar-refractivity contribution in [3.05, 3.63) is 53.9 Å². The third-order valence-corrected chi connectivity index (χ3v) is 2.62. The van der Waals surface area contributed by atoms with E-state index in [-0.39, 0.29) is 12.5 Å². The van der Waals surface area contributed by atoms with E-state index in [4.69, 9.17) is 5.11 Å². The number of hydrogen-bond acceptors (Lipinski definition) is 3. The van der Waals surface area contributed by atoms with Gasteiger partial charge in [-0.15, -0.1) is 0 Å². The van der Waals surface area contributed by atoms with E-state index in [9.17, 15) is 4.79 Å². The summed E-state index contributed by atoms with van der Waals surface area (Å²) in [5.74, 6) is 5.18. The molecule has 1 aromatic heterocycles. The number of nitrogens with one attached hydrogen (secondary N) is 1. The summed E-state index contributed by atoms with van der Waals surface area (Å²) in [5, 5.41) is 15.5. The summed E-state index contributed by atoms with van der Waals surface area (Å²) in [5.41, 5.74) is 1.26. The van der Waals surface area contributed by atoms with Gasteiger partial charge in [0.05, 0.1) is 6.54 Å². The van der Waals surface area contributed by atoms with Gasteiger partial charge in [0.25, 0.3) is 5.91 Å². The monoisotopic (exact) mass is 269 g/mol. The first-order chi connectivity index (χ1) is 9.79. The molecule has 0 fully saturated rings. The third kappa shape index (κ3) is 3.97. The molecule has 0 radical (unpaired) electrons. The number of rotatable bonds is 4. The van der Waals surface area contributed by atoms with Crippen LogP contribution in [0.15, 0.2) is 42.7 Å².